The predicted molar refractivity (Wildman–Crippen MR) is 102 cm³/mol. The number of nitrogens with one attached hydrogen (secondary N) is 1. The minimum Gasteiger partial charge on any atom is -0.494 e. The molecule has 7 nitrogen and oxygen atoms in total. The van der Waals surface area contributed by atoms with E-state index in [4.69, 9.17) is 4.74 Å². The third kappa shape index (κ3) is 6.07. The van der Waals surface area contributed by atoms with Crippen LogP contribution < -0.4 is 14.5 Å². The number of hydrazone groups is 1. The van der Waals surface area contributed by atoms with Gasteiger partial charge in [-0.05, 0) is 37.3 Å². The first-order chi connectivity index (χ1) is 12.8. The molecule has 0 aliphatic carbocycles. The molecule has 2 aromatic rings. The Kier molecular flexibility index (Phi) is 6.89. The normalized spacial score (nSPS) is 11.4. The van der Waals surface area contributed by atoms with E-state index in [9.17, 15) is 17.6 Å². The summed E-state index contributed by atoms with van der Waals surface area (Å²) in [6.45, 7) is 1.85. The molecule has 1 N–H and O–H groups in total. The number of benzene rings is 2. The lowest BCUT2D eigenvalue weighted by atomic mass is 10.2. The highest BCUT2D eigenvalue weighted by molar-refractivity contribution is 7.92. The van der Waals surface area contributed by atoms with Crippen LogP contribution in [0.2, 0.25) is 0 Å². The minimum atomic E-state index is -3.70. The highest BCUT2D eigenvalue weighted by Gasteiger charge is 2.20. The van der Waals surface area contributed by atoms with E-state index in [1.807, 2.05) is 6.92 Å². The first-order valence-electron chi connectivity index (χ1n) is 8.08. The summed E-state index contributed by atoms with van der Waals surface area (Å²) >= 11 is 0. The van der Waals surface area contributed by atoms with E-state index in [0.717, 1.165) is 16.8 Å². The average molecular weight is 393 g/mol. The standard InChI is InChI=1S/C18H20FN3O4S/c1-3-26-16-10-8-15(9-11-16)22(27(2,24)25)13-18(23)21-20-12-14-6-4-5-7-17(14)19/h4-12H,3,13H2,1-2H3,(H,21,23)/b20-12-. The molecular formula is C18H20FN3O4S. The maximum absolute atomic E-state index is 13.5. The number of rotatable bonds is 8. The minimum absolute atomic E-state index is 0.198. The van der Waals surface area contributed by atoms with Gasteiger partial charge in [0.2, 0.25) is 10.0 Å². The lowest BCUT2D eigenvalue weighted by Gasteiger charge is -2.21. The van der Waals surface area contributed by atoms with E-state index >= 15 is 0 Å². The fraction of sp³-hybridized carbons (Fsp3) is 0.222. The van der Waals surface area contributed by atoms with Crippen molar-refractivity contribution in [2.24, 2.45) is 5.10 Å². The van der Waals surface area contributed by atoms with Gasteiger partial charge in [-0.15, -0.1) is 0 Å². The fourth-order valence-electron chi connectivity index (χ4n) is 2.19. The Morgan fingerprint density at radius 3 is 2.48 bits per heavy atom. The van der Waals surface area contributed by atoms with Crippen LogP contribution in [0.15, 0.2) is 53.6 Å². The monoisotopic (exact) mass is 393 g/mol. The molecule has 9 heteroatoms. The highest BCUT2D eigenvalue weighted by atomic mass is 32.2. The number of amides is 1. The molecule has 0 radical (unpaired) electrons. The van der Waals surface area contributed by atoms with Gasteiger partial charge in [0.15, 0.2) is 0 Å². The lowest BCUT2D eigenvalue weighted by molar-refractivity contribution is -0.119. The molecule has 144 valence electrons. The van der Waals surface area contributed by atoms with E-state index in [1.54, 1.807) is 30.3 Å². The Morgan fingerprint density at radius 2 is 1.89 bits per heavy atom. The number of anilines is 1. The lowest BCUT2D eigenvalue weighted by Crippen LogP contribution is -2.39. The zero-order valence-corrected chi connectivity index (χ0v) is 15.7. The Hall–Kier alpha value is -2.94. The average Bonchev–Trinajstić information content (AvgIpc) is 2.61. The number of carbonyl (C=O) groups excluding carboxylic acids is 1. The molecule has 0 saturated carbocycles. The van der Waals surface area contributed by atoms with E-state index < -0.39 is 28.3 Å². The summed E-state index contributed by atoms with van der Waals surface area (Å²) in [5.41, 5.74) is 2.71. The first-order valence-corrected chi connectivity index (χ1v) is 9.93. The fourth-order valence-corrected chi connectivity index (χ4v) is 3.05. The van der Waals surface area contributed by atoms with Crippen LogP contribution in [0.25, 0.3) is 0 Å². The van der Waals surface area contributed by atoms with Crippen molar-refractivity contribution in [1.29, 1.82) is 0 Å². The maximum atomic E-state index is 13.5. The third-order valence-corrected chi connectivity index (χ3v) is 4.56. The molecule has 27 heavy (non-hydrogen) atoms. The van der Waals surface area contributed by atoms with E-state index in [2.05, 4.69) is 10.5 Å². The van der Waals surface area contributed by atoms with Crippen LogP contribution in [0.3, 0.4) is 0 Å². The van der Waals surface area contributed by atoms with Crippen LogP contribution in [-0.2, 0) is 14.8 Å². The first kappa shape index (κ1) is 20.4. The zero-order chi connectivity index (χ0) is 19.9. The van der Waals surface area contributed by atoms with Gasteiger partial charge >= 0.3 is 0 Å². The highest BCUT2D eigenvalue weighted by Crippen LogP contribution is 2.21. The van der Waals surface area contributed by atoms with E-state index in [0.29, 0.717) is 18.0 Å². The molecule has 0 aromatic heterocycles. The number of nitrogens with zero attached hydrogens (tertiary/aromatic N) is 2. The van der Waals surface area contributed by atoms with Gasteiger partial charge in [0.05, 0.1) is 24.8 Å². The summed E-state index contributed by atoms with van der Waals surface area (Å²) < 4.78 is 43.8. The van der Waals surface area contributed by atoms with Crippen LogP contribution in [0.1, 0.15) is 12.5 Å². The summed E-state index contributed by atoms with van der Waals surface area (Å²) in [5.74, 6) is -0.557. The van der Waals surface area contributed by atoms with Gasteiger partial charge in [-0.3, -0.25) is 9.10 Å². The van der Waals surface area contributed by atoms with Crippen LogP contribution in [0, 0.1) is 5.82 Å². The molecule has 0 aliphatic heterocycles. The quantitative estimate of drug-likeness (QED) is 0.550. The number of sulfonamides is 1. The van der Waals surface area contributed by atoms with Gasteiger partial charge < -0.3 is 4.74 Å². The number of ether oxygens (including phenoxy) is 1. The SMILES string of the molecule is CCOc1ccc(N(CC(=O)N/N=C\c2ccccc2F)S(C)(=O)=O)cc1. The summed E-state index contributed by atoms with van der Waals surface area (Å²) in [6.07, 6.45) is 2.15. The second-order valence-corrected chi connectivity index (χ2v) is 7.42. The number of carbonyl (C=O) groups is 1. The van der Waals surface area contributed by atoms with Crippen molar-refractivity contribution in [2.75, 3.05) is 23.7 Å². The Labute approximate surface area is 157 Å². The van der Waals surface area contributed by atoms with Gasteiger partial charge in [0, 0.05) is 5.56 Å². The van der Waals surface area contributed by atoms with Crippen LogP contribution in [-0.4, -0.2) is 39.9 Å². The summed E-state index contributed by atoms with van der Waals surface area (Å²) in [4.78, 5) is 12.1. The Bertz CT molecular complexity index is 914. The van der Waals surface area contributed by atoms with Gasteiger partial charge in [-0.1, -0.05) is 18.2 Å². The molecule has 2 rings (SSSR count). The number of halogens is 1. The van der Waals surface area contributed by atoms with Gasteiger partial charge in [-0.2, -0.15) is 5.10 Å². The molecule has 1 amide bonds. The summed E-state index contributed by atoms with van der Waals surface area (Å²) in [5, 5.41) is 3.66. The number of hydrogen-bond acceptors (Lipinski definition) is 5. The van der Waals surface area contributed by atoms with Crippen molar-refractivity contribution < 1.29 is 22.3 Å². The van der Waals surface area contributed by atoms with Crippen molar-refractivity contribution in [2.45, 2.75) is 6.92 Å². The van der Waals surface area contributed by atoms with E-state index in [1.165, 1.54) is 18.2 Å². The van der Waals surface area contributed by atoms with E-state index in [-0.39, 0.29) is 5.56 Å². The summed E-state index contributed by atoms with van der Waals surface area (Å²) in [7, 11) is -3.70. The largest absolute Gasteiger partial charge is 0.494 e. The molecule has 0 aliphatic rings. The van der Waals surface area contributed by atoms with Gasteiger partial charge in [0.25, 0.3) is 5.91 Å². The van der Waals surface area contributed by atoms with Crippen LogP contribution >= 0.6 is 0 Å². The van der Waals surface area contributed by atoms with Crippen LogP contribution in [0.5, 0.6) is 5.75 Å². The molecule has 0 spiro atoms. The molecule has 0 fully saturated rings. The molecule has 0 heterocycles. The van der Waals surface area contributed by atoms with Crippen molar-refractivity contribution in [3.63, 3.8) is 0 Å². The maximum Gasteiger partial charge on any atom is 0.260 e. The van der Waals surface area contributed by atoms with Crippen molar-refractivity contribution in [3.8, 4) is 5.75 Å². The molecule has 0 bridgehead atoms. The molecule has 0 atom stereocenters. The molecule has 2 aromatic carbocycles. The summed E-state index contributed by atoms with van der Waals surface area (Å²) in [6, 6.07) is 12.2. The van der Waals surface area contributed by atoms with Crippen LogP contribution in [0.4, 0.5) is 10.1 Å². The third-order valence-electron chi connectivity index (χ3n) is 3.42. The Balaban J connectivity index is 2.07. The number of hydrogen-bond donors (Lipinski definition) is 1. The molecule has 0 saturated heterocycles. The second kappa shape index (κ2) is 9.13. The van der Waals surface area contributed by atoms with Crippen molar-refractivity contribution >= 4 is 27.8 Å². The topological polar surface area (TPSA) is 88.1 Å². The second-order valence-electron chi connectivity index (χ2n) is 5.51. The predicted octanol–water partition coefficient (Wildman–Crippen LogP) is 2.14. The molecule has 0 unspecified atom stereocenters. The molecular weight excluding hydrogens is 373 g/mol. The van der Waals surface area contributed by atoms with Crippen molar-refractivity contribution in [3.05, 3.63) is 59.9 Å². The smallest absolute Gasteiger partial charge is 0.260 e. The van der Waals surface area contributed by atoms with Crippen molar-refractivity contribution in [1.82, 2.24) is 5.43 Å². The van der Waals surface area contributed by atoms with Gasteiger partial charge in [0.1, 0.15) is 18.1 Å². The van der Waals surface area contributed by atoms with Gasteiger partial charge in [-0.25, -0.2) is 18.2 Å². The Morgan fingerprint density at radius 1 is 1.22 bits per heavy atom. The zero-order valence-electron chi connectivity index (χ0n) is 14.9.